The van der Waals surface area contributed by atoms with Crippen LogP contribution in [-0.2, 0) is 15.2 Å². The average Bonchev–Trinajstić information content (AvgIpc) is 2.97. The molecule has 2 amide bonds. The highest BCUT2D eigenvalue weighted by Crippen LogP contribution is 2.44. The Kier molecular flexibility index (Phi) is 5.17. The van der Waals surface area contributed by atoms with Crippen LogP contribution in [0.25, 0.3) is 0 Å². The summed E-state index contributed by atoms with van der Waals surface area (Å²) >= 11 is 0. The fourth-order valence-corrected chi connectivity index (χ4v) is 3.87. The number of nitrogens with one attached hydrogen (secondary N) is 1. The molecule has 3 aromatic carbocycles. The molecule has 1 heterocycles. The van der Waals surface area contributed by atoms with Crippen molar-refractivity contribution in [2.75, 3.05) is 16.8 Å². The molecule has 4 rings (SSSR count). The van der Waals surface area contributed by atoms with Crippen molar-refractivity contribution >= 4 is 29.0 Å². The largest absolute Gasteiger partial charge is 0.372 e. The molecule has 0 aromatic heterocycles. The molecule has 0 unspecified atom stereocenters. The van der Waals surface area contributed by atoms with E-state index in [1.54, 1.807) is 66.7 Å². The van der Waals surface area contributed by atoms with Crippen molar-refractivity contribution in [3.63, 3.8) is 0 Å². The van der Waals surface area contributed by atoms with Crippen LogP contribution in [0.15, 0.2) is 72.8 Å². The van der Waals surface area contributed by atoms with Gasteiger partial charge in [0.2, 0.25) is 5.91 Å². The third-order valence-corrected chi connectivity index (χ3v) is 5.45. The van der Waals surface area contributed by atoms with Crippen molar-refractivity contribution in [2.45, 2.75) is 19.4 Å². The minimum absolute atomic E-state index is 0.0624. The molecule has 0 aliphatic carbocycles. The van der Waals surface area contributed by atoms with Crippen LogP contribution in [0.1, 0.15) is 34.0 Å². The van der Waals surface area contributed by atoms with Gasteiger partial charge < -0.3 is 10.4 Å². The second-order valence-electron chi connectivity index (χ2n) is 7.67. The van der Waals surface area contributed by atoms with Gasteiger partial charge in [0.1, 0.15) is 6.54 Å². The third kappa shape index (κ3) is 3.62. The molecule has 0 bridgehead atoms. The van der Waals surface area contributed by atoms with E-state index in [1.807, 2.05) is 13.0 Å². The van der Waals surface area contributed by atoms with E-state index in [2.05, 4.69) is 5.32 Å². The van der Waals surface area contributed by atoms with E-state index in [1.165, 1.54) is 11.8 Å². The van der Waals surface area contributed by atoms with Gasteiger partial charge in [-0.3, -0.25) is 19.3 Å². The minimum atomic E-state index is -1.86. The van der Waals surface area contributed by atoms with Gasteiger partial charge in [-0.05, 0) is 49.7 Å². The van der Waals surface area contributed by atoms with Crippen LogP contribution in [0.5, 0.6) is 0 Å². The Bertz CT molecular complexity index is 1190. The molecule has 156 valence electrons. The Balaban J connectivity index is 1.61. The van der Waals surface area contributed by atoms with Gasteiger partial charge >= 0.3 is 0 Å². The molecule has 0 spiro atoms. The van der Waals surface area contributed by atoms with Crippen LogP contribution in [0.4, 0.5) is 11.4 Å². The molecule has 0 fully saturated rings. The predicted octanol–water partition coefficient (Wildman–Crippen LogP) is 3.42. The molecule has 1 atom stereocenters. The first-order valence-electron chi connectivity index (χ1n) is 9.92. The second-order valence-corrected chi connectivity index (χ2v) is 7.67. The Hall–Kier alpha value is -3.77. The molecular weight excluding hydrogens is 392 g/mol. The third-order valence-electron chi connectivity index (χ3n) is 5.45. The second kappa shape index (κ2) is 7.81. The van der Waals surface area contributed by atoms with E-state index in [0.29, 0.717) is 28.1 Å². The number of nitrogens with zero attached hydrogens (tertiary/aromatic N) is 1. The summed E-state index contributed by atoms with van der Waals surface area (Å²) < 4.78 is 0. The maximum atomic E-state index is 13.4. The highest BCUT2D eigenvalue weighted by molar-refractivity contribution is 6.12. The van der Waals surface area contributed by atoms with E-state index < -0.39 is 17.4 Å². The Labute approximate surface area is 180 Å². The van der Waals surface area contributed by atoms with E-state index in [-0.39, 0.29) is 12.3 Å². The standard InChI is InChI=1S/C25H22N2O4/c1-16-6-5-7-19(14-16)25(31)21-8-3-4-9-22(21)27(24(25)30)15-23(29)26-20-12-10-18(11-13-20)17(2)28/h3-14,31H,15H2,1-2H3,(H,26,29)/t25-/m0/s1. The summed E-state index contributed by atoms with van der Waals surface area (Å²) in [6, 6.07) is 20.6. The lowest BCUT2D eigenvalue weighted by Crippen LogP contribution is -2.44. The van der Waals surface area contributed by atoms with Crippen molar-refractivity contribution in [3.05, 3.63) is 95.1 Å². The average molecular weight is 414 g/mol. The number of anilines is 2. The van der Waals surface area contributed by atoms with Crippen LogP contribution in [-0.4, -0.2) is 29.2 Å². The molecule has 0 saturated heterocycles. The molecule has 6 heteroatoms. The zero-order valence-corrected chi connectivity index (χ0v) is 17.3. The molecule has 3 aromatic rings. The van der Waals surface area contributed by atoms with Gasteiger partial charge in [-0.2, -0.15) is 0 Å². The number of ketones is 1. The molecule has 0 radical (unpaired) electrons. The maximum absolute atomic E-state index is 13.4. The summed E-state index contributed by atoms with van der Waals surface area (Å²) in [5.41, 5.74) is 1.54. The molecule has 1 aliphatic heterocycles. The number of benzene rings is 3. The van der Waals surface area contributed by atoms with Gasteiger partial charge in [-0.25, -0.2) is 0 Å². The number of aryl methyl sites for hydroxylation is 1. The van der Waals surface area contributed by atoms with Gasteiger partial charge in [0.05, 0.1) is 5.69 Å². The Morgan fingerprint density at radius 2 is 1.71 bits per heavy atom. The number of hydrogen-bond donors (Lipinski definition) is 2. The molecule has 6 nitrogen and oxygen atoms in total. The fourth-order valence-electron chi connectivity index (χ4n) is 3.87. The van der Waals surface area contributed by atoms with Crippen LogP contribution in [0.2, 0.25) is 0 Å². The fraction of sp³-hybridized carbons (Fsp3) is 0.160. The number of Topliss-reactive ketones (excluding diaryl/α,β-unsaturated/α-hetero) is 1. The highest BCUT2D eigenvalue weighted by atomic mass is 16.3. The molecule has 2 N–H and O–H groups in total. The zero-order chi connectivity index (χ0) is 22.2. The smallest absolute Gasteiger partial charge is 0.268 e. The number of rotatable bonds is 5. The van der Waals surface area contributed by atoms with Crippen LogP contribution < -0.4 is 10.2 Å². The van der Waals surface area contributed by atoms with Crippen LogP contribution >= 0.6 is 0 Å². The zero-order valence-electron chi connectivity index (χ0n) is 17.3. The summed E-state index contributed by atoms with van der Waals surface area (Å²) in [5.74, 6) is -1.04. The van der Waals surface area contributed by atoms with Crippen molar-refractivity contribution < 1.29 is 19.5 Å². The molecule has 1 aliphatic rings. The first-order chi connectivity index (χ1) is 14.8. The van der Waals surface area contributed by atoms with Gasteiger partial charge in [-0.1, -0.05) is 48.0 Å². The first kappa shape index (κ1) is 20.5. The van der Waals surface area contributed by atoms with Gasteiger partial charge in [0, 0.05) is 16.8 Å². The lowest BCUT2D eigenvalue weighted by atomic mass is 9.87. The van der Waals surface area contributed by atoms with E-state index in [9.17, 15) is 19.5 Å². The Morgan fingerprint density at radius 1 is 1.00 bits per heavy atom. The van der Waals surface area contributed by atoms with Crippen molar-refractivity contribution in [3.8, 4) is 0 Å². The summed E-state index contributed by atoms with van der Waals surface area (Å²) in [7, 11) is 0. The maximum Gasteiger partial charge on any atom is 0.268 e. The van der Waals surface area contributed by atoms with E-state index in [4.69, 9.17) is 0 Å². The topological polar surface area (TPSA) is 86.7 Å². The number of hydrogen-bond acceptors (Lipinski definition) is 4. The lowest BCUT2D eigenvalue weighted by Gasteiger charge is -2.24. The molecular formula is C25H22N2O4. The van der Waals surface area contributed by atoms with Gasteiger partial charge in [0.25, 0.3) is 5.91 Å². The van der Waals surface area contributed by atoms with Crippen molar-refractivity contribution in [2.24, 2.45) is 0 Å². The number of amides is 2. The minimum Gasteiger partial charge on any atom is -0.372 e. The Morgan fingerprint density at radius 3 is 2.39 bits per heavy atom. The first-order valence-corrected chi connectivity index (χ1v) is 9.92. The summed E-state index contributed by atoms with van der Waals surface area (Å²) in [6.07, 6.45) is 0. The van der Waals surface area contributed by atoms with Crippen molar-refractivity contribution in [1.82, 2.24) is 0 Å². The number of fused-ring (bicyclic) bond motifs is 1. The van der Waals surface area contributed by atoms with Crippen molar-refractivity contribution in [1.29, 1.82) is 0 Å². The van der Waals surface area contributed by atoms with E-state index in [0.717, 1.165) is 5.56 Å². The number of para-hydroxylation sites is 1. The number of aliphatic hydroxyl groups is 1. The van der Waals surface area contributed by atoms with Gasteiger partial charge in [-0.15, -0.1) is 0 Å². The number of carbonyl (C=O) groups is 3. The van der Waals surface area contributed by atoms with Crippen LogP contribution in [0.3, 0.4) is 0 Å². The van der Waals surface area contributed by atoms with Gasteiger partial charge in [0.15, 0.2) is 11.4 Å². The predicted molar refractivity (Wildman–Crippen MR) is 118 cm³/mol. The quantitative estimate of drug-likeness (QED) is 0.627. The lowest BCUT2D eigenvalue weighted by molar-refractivity contribution is -0.133. The SMILES string of the molecule is CC(=O)c1ccc(NC(=O)CN2C(=O)[C@](O)(c3cccc(C)c3)c3ccccc32)cc1. The molecule has 0 saturated carbocycles. The number of carbonyl (C=O) groups excluding carboxylic acids is 3. The van der Waals surface area contributed by atoms with Crippen LogP contribution in [0, 0.1) is 6.92 Å². The normalized spacial score (nSPS) is 17.4. The monoisotopic (exact) mass is 414 g/mol. The summed E-state index contributed by atoms with van der Waals surface area (Å²) in [4.78, 5) is 38.8. The molecule has 31 heavy (non-hydrogen) atoms. The van der Waals surface area contributed by atoms with E-state index >= 15 is 0 Å². The summed E-state index contributed by atoms with van der Waals surface area (Å²) in [5, 5.41) is 14.2. The highest BCUT2D eigenvalue weighted by Gasteiger charge is 2.51. The summed E-state index contributed by atoms with van der Waals surface area (Å²) in [6.45, 7) is 3.11.